The first-order valence-electron chi connectivity index (χ1n) is 9.58. The van der Waals surface area contributed by atoms with Gasteiger partial charge >= 0.3 is 0 Å². The maximum absolute atomic E-state index is 11.4. The summed E-state index contributed by atoms with van der Waals surface area (Å²) in [5.74, 6) is 1.58. The Hall–Kier alpha value is -2.31. The van der Waals surface area contributed by atoms with Gasteiger partial charge in [0.2, 0.25) is 5.91 Å². The fraction of sp³-hybridized carbons (Fsp3) is 0.632. The monoisotopic (exact) mass is 360 g/mol. The van der Waals surface area contributed by atoms with Crippen molar-refractivity contribution in [3.63, 3.8) is 0 Å². The van der Waals surface area contributed by atoms with Crippen LogP contribution in [0.15, 0.2) is 23.3 Å². The van der Waals surface area contributed by atoms with E-state index in [1.165, 1.54) is 12.8 Å². The zero-order valence-corrected chi connectivity index (χ0v) is 16.0. The molecule has 7 heteroatoms. The normalized spacial score (nSPS) is 15.8. The number of unbranched alkanes of at least 4 members (excludes halogenated alkanes) is 2. The van der Waals surface area contributed by atoms with Gasteiger partial charge < -0.3 is 21.3 Å². The van der Waals surface area contributed by atoms with Gasteiger partial charge in [0.15, 0.2) is 5.96 Å². The number of guanidine groups is 1. The fourth-order valence-corrected chi connectivity index (χ4v) is 3.21. The number of nitrogens with zero attached hydrogens (tertiary/aromatic N) is 3. The molecule has 0 bridgehead atoms. The van der Waals surface area contributed by atoms with Crippen LogP contribution in [0.3, 0.4) is 0 Å². The molecule has 1 saturated heterocycles. The lowest BCUT2D eigenvalue weighted by Gasteiger charge is -2.32. The lowest BCUT2D eigenvalue weighted by atomic mass is 9.96. The first-order chi connectivity index (χ1) is 12.7. The third-order valence-electron chi connectivity index (χ3n) is 4.81. The first-order valence-corrected chi connectivity index (χ1v) is 9.58. The van der Waals surface area contributed by atoms with Crippen molar-refractivity contribution in [2.24, 2.45) is 16.6 Å². The quantitative estimate of drug-likeness (QED) is 0.372. The van der Waals surface area contributed by atoms with Crippen molar-refractivity contribution in [2.45, 2.75) is 45.6 Å². The van der Waals surface area contributed by atoms with Crippen molar-refractivity contribution < 1.29 is 4.79 Å². The summed E-state index contributed by atoms with van der Waals surface area (Å²) in [5, 5.41) is 6.71. The second-order valence-corrected chi connectivity index (χ2v) is 6.71. The van der Waals surface area contributed by atoms with Crippen LogP contribution < -0.4 is 21.3 Å². The summed E-state index contributed by atoms with van der Waals surface area (Å²) in [4.78, 5) is 22.5. The van der Waals surface area contributed by atoms with E-state index in [0.29, 0.717) is 6.54 Å². The molecule has 7 nitrogen and oxygen atoms in total. The molecular formula is C19H32N6O. The molecule has 1 aliphatic heterocycles. The Morgan fingerprint density at radius 3 is 2.77 bits per heavy atom. The maximum Gasteiger partial charge on any atom is 0.220 e. The molecule has 26 heavy (non-hydrogen) atoms. The van der Waals surface area contributed by atoms with Crippen molar-refractivity contribution >= 4 is 17.7 Å². The van der Waals surface area contributed by atoms with E-state index in [1.54, 1.807) is 7.05 Å². The number of rotatable bonds is 8. The summed E-state index contributed by atoms with van der Waals surface area (Å²) in [6, 6.07) is 4.04. The van der Waals surface area contributed by atoms with Crippen molar-refractivity contribution in [2.75, 3.05) is 31.6 Å². The van der Waals surface area contributed by atoms with E-state index in [0.717, 1.165) is 56.2 Å². The average molecular weight is 361 g/mol. The molecular weight excluding hydrogens is 328 g/mol. The van der Waals surface area contributed by atoms with Gasteiger partial charge in [-0.3, -0.25) is 9.79 Å². The Morgan fingerprint density at radius 2 is 2.12 bits per heavy atom. The number of carbonyl (C=O) groups is 1. The predicted octanol–water partition coefficient (Wildman–Crippen LogP) is 1.64. The van der Waals surface area contributed by atoms with Crippen molar-refractivity contribution in [1.29, 1.82) is 0 Å². The highest BCUT2D eigenvalue weighted by Crippen LogP contribution is 2.24. The summed E-state index contributed by atoms with van der Waals surface area (Å²) in [6.45, 7) is 5.40. The summed E-state index contributed by atoms with van der Waals surface area (Å²) in [7, 11) is 1.79. The van der Waals surface area contributed by atoms with Gasteiger partial charge in [-0.25, -0.2) is 4.98 Å². The van der Waals surface area contributed by atoms with Gasteiger partial charge in [-0.2, -0.15) is 0 Å². The molecule has 1 aromatic heterocycles. The molecule has 0 atom stereocenters. The fourth-order valence-electron chi connectivity index (χ4n) is 3.21. The summed E-state index contributed by atoms with van der Waals surface area (Å²) < 4.78 is 0. The second-order valence-electron chi connectivity index (χ2n) is 6.71. The van der Waals surface area contributed by atoms with Gasteiger partial charge in [0.1, 0.15) is 5.82 Å². The SMILES string of the molecule is CCCCCNC(=NC)NCc1cccnc1N1CCC(C(N)=O)CC1. The number of carbonyl (C=O) groups excluding carboxylic acids is 1. The highest BCUT2D eigenvalue weighted by atomic mass is 16.1. The smallest absolute Gasteiger partial charge is 0.220 e. The topological polar surface area (TPSA) is 95.6 Å². The van der Waals surface area contributed by atoms with Gasteiger partial charge in [0.25, 0.3) is 0 Å². The second kappa shape index (κ2) is 10.6. The minimum Gasteiger partial charge on any atom is -0.369 e. The molecule has 1 fully saturated rings. The molecule has 4 N–H and O–H groups in total. The largest absolute Gasteiger partial charge is 0.369 e. The lowest BCUT2D eigenvalue weighted by molar-refractivity contribution is -0.122. The van der Waals surface area contributed by atoms with E-state index < -0.39 is 0 Å². The summed E-state index contributed by atoms with van der Waals surface area (Å²) >= 11 is 0. The Bertz CT molecular complexity index is 595. The van der Waals surface area contributed by atoms with E-state index in [9.17, 15) is 4.79 Å². The number of piperidine rings is 1. The minimum absolute atomic E-state index is 0.0114. The molecule has 2 heterocycles. The Balaban J connectivity index is 1.91. The third-order valence-corrected chi connectivity index (χ3v) is 4.81. The Morgan fingerprint density at radius 1 is 1.35 bits per heavy atom. The highest BCUT2D eigenvalue weighted by Gasteiger charge is 2.24. The predicted molar refractivity (Wildman–Crippen MR) is 106 cm³/mol. The van der Waals surface area contributed by atoms with Crippen LogP contribution in [0.5, 0.6) is 0 Å². The zero-order chi connectivity index (χ0) is 18.8. The molecule has 0 aliphatic carbocycles. The van der Waals surface area contributed by atoms with Gasteiger partial charge in [-0.05, 0) is 25.3 Å². The van der Waals surface area contributed by atoms with Gasteiger partial charge in [-0.15, -0.1) is 0 Å². The third kappa shape index (κ3) is 5.89. The highest BCUT2D eigenvalue weighted by molar-refractivity contribution is 5.79. The molecule has 144 valence electrons. The van der Waals surface area contributed by atoms with Gasteiger partial charge in [0, 0.05) is 50.9 Å². The number of anilines is 1. The van der Waals surface area contributed by atoms with Crippen LogP contribution in [-0.2, 0) is 11.3 Å². The van der Waals surface area contributed by atoms with E-state index in [2.05, 4.69) is 38.5 Å². The molecule has 0 radical (unpaired) electrons. The number of hydrogen-bond acceptors (Lipinski definition) is 4. The number of aliphatic imine (C=N–C) groups is 1. The van der Waals surface area contributed by atoms with Gasteiger partial charge in [-0.1, -0.05) is 25.8 Å². The van der Waals surface area contributed by atoms with E-state index >= 15 is 0 Å². The molecule has 0 spiro atoms. The summed E-state index contributed by atoms with van der Waals surface area (Å²) in [6.07, 6.45) is 6.97. The standard InChI is InChI=1S/C19H32N6O/c1-3-4-5-10-23-19(21-2)24-14-16-7-6-11-22-18(16)25-12-8-15(9-13-25)17(20)26/h6-7,11,15H,3-5,8-10,12-14H2,1-2H3,(H2,20,26)(H2,21,23,24). The van der Waals surface area contributed by atoms with Crippen LogP contribution in [0.25, 0.3) is 0 Å². The first kappa shape index (κ1) is 20.0. The Labute approximate surface area is 156 Å². The van der Waals surface area contributed by atoms with Crippen molar-refractivity contribution in [1.82, 2.24) is 15.6 Å². The molecule has 0 saturated carbocycles. The van der Waals surface area contributed by atoms with Gasteiger partial charge in [0.05, 0.1) is 0 Å². The number of hydrogen-bond donors (Lipinski definition) is 3. The Kier molecular flexibility index (Phi) is 8.18. The summed E-state index contributed by atoms with van der Waals surface area (Å²) in [5.41, 5.74) is 6.56. The van der Waals surface area contributed by atoms with E-state index in [1.807, 2.05) is 12.3 Å². The molecule has 2 rings (SSSR count). The minimum atomic E-state index is -0.189. The van der Waals surface area contributed by atoms with Crippen LogP contribution in [0.2, 0.25) is 0 Å². The molecule has 0 unspecified atom stereocenters. The molecule has 1 amide bonds. The number of primary amides is 1. The van der Waals surface area contributed by atoms with Crippen molar-refractivity contribution in [3.8, 4) is 0 Å². The number of nitrogens with one attached hydrogen (secondary N) is 2. The maximum atomic E-state index is 11.4. The van der Waals surface area contributed by atoms with E-state index in [-0.39, 0.29) is 11.8 Å². The molecule has 0 aromatic carbocycles. The number of amides is 1. The van der Waals surface area contributed by atoms with Crippen LogP contribution >= 0.6 is 0 Å². The van der Waals surface area contributed by atoms with Crippen molar-refractivity contribution in [3.05, 3.63) is 23.9 Å². The average Bonchev–Trinajstić information content (AvgIpc) is 2.68. The molecule has 1 aromatic rings. The lowest BCUT2D eigenvalue weighted by Crippen LogP contribution is -2.40. The number of pyridine rings is 1. The van der Waals surface area contributed by atoms with Crippen LogP contribution in [0.4, 0.5) is 5.82 Å². The zero-order valence-electron chi connectivity index (χ0n) is 16.0. The van der Waals surface area contributed by atoms with Crippen LogP contribution in [0.1, 0.15) is 44.6 Å². The van der Waals surface area contributed by atoms with Crippen LogP contribution in [-0.4, -0.2) is 43.5 Å². The van der Waals surface area contributed by atoms with E-state index in [4.69, 9.17) is 5.73 Å². The molecule has 1 aliphatic rings. The van der Waals surface area contributed by atoms with Crippen LogP contribution in [0, 0.1) is 5.92 Å². The number of aromatic nitrogens is 1. The number of nitrogens with two attached hydrogens (primary N) is 1.